The molecular weight excluding hydrogens is 328 g/mol. The Labute approximate surface area is 161 Å². The van der Waals surface area contributed by atoms with Gasteiger partial charge in [-0.05, 0) is 36.1 Å². The second-order valence-electron chi connectivity index (χ2n) is 6.85. The Kier molecular flexibility index (Phi) is 3.30. The van der Waals surface area contributed by atoms with Gasteiger partial charge >= 0.3 is 0 Å². The molecule has 4 aromatic carbocycles. The molecule has 1 heteroatoms. The molecule has 0 spiro atoms. The Balaban J connectivity index is 1.66. The summed E-state index contributed by atoms with van der Waals surface area (Å²) >= 11 is 0. The quantitative estimate of drug-likeness (QED) is 0.337. The summed E-state index contributed by atoms with van der Waals surface area (Å²) in [4.78, 5) is 0. The van der Waals surface area contributed by atoms with Crippen molar-refractivity contribution in [3.05, 3.63) is 108 Å². The smallest absolute Gasteiger partial charge is 0.143 e. The lowest BCUT2D eigenvalue weighted by atomic mass is 9.97. The molecule has 5 rings (SSSR count). The van der Waals surface area contributed by atoms with Gasteiger partial charge in [-0.1, -0.05) is 90.5 Å². The molecule has 0 saturated carbocycles. The van der Waals surface area contributed by atoms with E-state index in [1.165, 1.54) is 0 Å². The van der Waals surface area contributed by atoms with Crippen LogP contribution < -0.4 is 0 Å². The van der Waals surface area contributed by atoms with Crippen LogP contribution in [-0.4, -0.2) is 0 Å². The first kappa shape index (κ1) is 13.8. The number of fused-ring (bicyclic) bond motifs is 3. The van der Waals surface area contributed by atoms with Crippen LogP contribution in [0.25, 0.3) is 33.1 Å². The van der Waals surface area contributed by atoms with Crippen LogP contribution in [0, 0.1) is 6.92 Å². The summed E-state index contributed by atoms with van der Waals surface area (Å²) in [5, 5.41) is 2.17. The minimum absolute atomic E-state index is 0.631. The molecular formula is C26H20O. The van der Waals surface area contributed by atoms with Gasteiger partial charge in [0.05, 0.1) is 0 Å². The van der Waals surface area contributed by atoms with E-state index in [0.717, 1.165) is 38.6 Å². The lowest BCUT2D eigenvalue weighted by molar-refractivity contribution is 0.670. The van der Waals surface area contributed by atoms with E-state index in [2.05, 4.69) is 12.1 Å². The third-order valence-corrected chi connectivity index (χ3v) is 4.92. The maximum absolute atomic E-state index is 8.73. The molecule has 0 saturated heterocycles. The van der Waals surface area contributed by atoms with Crippen LogP contribution >= 0.6 is 0 Å². The van der Waals surface area contributed by atoms with Crippen molar-refractivity contribution >= 4 is 21.9 Å². The number of hydrogen-bond acceptors (Lipinski definition) is 1. The molecule has 0 amide bonds. The third-order valence-electron chi connectivity index (χ3n) is 4.92. The normalized spacial score (nSPS) is 12.9. The molecule has 27 heavy (non-hydrogen) atoms. The van der Waals surface area contributed by atoms with Crippen molar-refractivity contribution < 1.29 is 7.16 Å². The van der Waals surface area contributed by atoms with E-state index in [1.807, 2.05) is 85.8 Å². The van der Waals surface area contributed by atoms with Crippen molar-refractivity contribution in [1.82, 2.24) is 0 Å². The highest BCUT2D eigenvalue weighted by atomic mass is 16.3. The molecule has 0 radical (unpaired) electrons. The lowest BCUT2D eigenvalue weighted by Gasteiger charge is -2.07. The van der Waals surface area contributed by atoms with Gasteiger partial charge in [-0.15, -0.1) is 0 Å². The Morgan fingerprint density at radius 1 is 0.741 bits per heavy atom. The maximum Gasteiger partial charge on any atom is 0.143 e. The summed E-state index contributed by atoms with van der Waals surface area (Å²) in [6.07, 6.45) is -1.58. The Hall–Kier alpha value is -3.32. The van der Waals surface area contributed by atoms with Gasteiger partial charge in [0.15, 0.2) is 0 Å². The topological polar surface area (TPSA) is 13.1 Å². The van der Waals surface area contributed by atoms with E-state index in [4.69, 9.17) is 7.16 Å². The van der Waals surface area contributed by atoms with Crippen LogP contribution in [0.5, 0.6) is 0 Å². The average Bonchev–Trinajstić information content (AvgIpc) is 3.13. The number of para-hydroxylation sites is 2. The molecule has 0 bridgehead atoms. The molecule has 1 nitrogen and oxygen atoms in total. The number of aryl methyl sites for hydroxylation is 1. The van der Waals surface area contributed by atoms with E-state index >= 15 is 0 Å². The number of furan rings is 1. The summed E-state index contributed by atoms with van der Waals surface area (Å²) in [7, 11) is 0. The first-order valence-electron chi connectivity index (χ1n) is 10.1. The second kappa shape index (κ2) is 6.44. The first-order valence-corrected chi connectivity index (χ1v) is 9.12. The molecule has 5 aromatic rings. The average molecular weight is 350 g/mol. The van der Waals surface area contributed by atoms with Crippen molar-refractivity contribution in [1.29, 1.82) is 0 Å². The largest absolute Gasteiger partial charge is 0.455 e. The van der Waals surface area contributed by atoms with Crippen LogP contribution in [-0.2, 0) is 6.37 Å². The van der Waals surface area contributed by atoms with Crippen LogP contribution in [0.15, 0.2) is 95.4 Å². The van der Waals surface area contributed by atoms with Crippen molar-refractivity contribution in [2.24, 2.45) is 0 Å². The van der Waals surface area contributed by atoms with Crippen molar-refractivity contribution in [3.8, 4) is 11.1 Å². The fraction of sp³-hybridized carbons (Fsp3) is 0.0769. The minimum atomic E-state index is -1.58. The predicted molar refractivity (Wildman–Crippen MR) is 113 cm³/mol. The van der Waals surface area contributed by atoms with E-state index < -0.39 is 6.37 Å². The molecule has 0 aliphatic carbocycles. The number of rotatable bonds is 3. The van der Waals surface area contributed by atoms with E-state index in [-0.39, 0.29) is 0 Å². The molecule has 0 aliphatic heterocycles. The fourth-order valence-corrected chi connectivity index (χ4v) is 3.54. The highest BCUT2D eigenvalue weighted by Crippen LogP contribution is 2.35. The van der Waals surface area contributed by atoms with Gasteiger partial charge in [0, 0.05) is 19.1 Å². The van der Waals surface area contributed by atoms with Crippen LogP contribution in [0.2, 0.25) is 0 Å². The van der Waals surface area contributed by atoms with Gasteiger partial charge in [-0.2, -0.15) is 0 Å². The minimum Gasteiger partial charge on any atom is -0.455 e. The molecule has 1 aromatic heterocycles. The zero-order valence-electron chi connectivity index (χ0n) is 17.1. The van der Waals surface area contributed by atoms with Gasteiger partial charge in [0.25, 0.3) is 0 Å². The Morgan fingerprint density at radius 2 is 1.52 bits per heavy atom. The summed E-state index contributed by atoms with van der Waals surface area (Å²) < 4.78 is 23.6. The maximum atomic E-state index is 8.73. The number of benzene rings is 4. The van der Waals surface area contributed by atoms with Gasteiger partial charge in [-0.25, -0.2) is 0 Å². The molecule has 0 unspecified atom stereocenters. The molecule has 0 atom stereocenters. The van der Waals surface area contributed by atoms with Gasteiger partial charge in [0.1, 0.15) is 11.2 Å². The lowest BCUT2D eigenvalue weighted by Crippen LogP contribution is -1.89. The summed E-state index contributed by atoms with van der Waals surface area (Å²) in [6.45, 7) is 2.01. The third kappa shape index (κ3) is 2.92. The standard InChI is InChI=1S/C26H20O/c1-18-12-14-19(15-13-18)16-20-6-4-7-21(17-20)22-9-5-10-24-23-8-2-3-11-25(23)27-26(22)24/h2-15,17H,16H2,1H3/i16D2. The molecule has 1 heterocycles. The molecule has 130 valence electrons. The van der Waals surface area contributed by atoms with Crippen molar-refractivity contribution in [3.63, 3.8) is 0 Å². The monoisotopic (exact) mass is 350 g/mol. The molecule has 0 N–H and O–H groups in total. The number of hydrogen-bond donors (Lipinski definition) is 0. The highest BCUT2D eigenvalue weighted by molar-refractivity contribution is 6.09. The SMILES string of the molecule is [2H]C([2H])(c1ccc(C)cc1)c1cccc(-c2cccc3c2oc2ccccc23)c1. The Morgan fingerprint density at radius 3 is 2.41 bits per heavy atom. The van der Waals surface area contributed by atoms with Gasteiger partial charge < -0.3 is 4.42 Å². The van der Waals surface area contributed by atoms with E-state index in [1.54, 1.807) is 0 Å². The molecule has 0 aliphatic rings. The zero-order chi connectivity index (χ0) is 20.0. The first-order chi connectivity index (χ1) is 14.0. The zero-order valence-corrected chi connectivity index (χ0v) is 15.1. The van der Waals surface area contributed by atoms with Crippen LogP contribution in [0.4, 0.5) is 0 Å². The highest BCUT2D eigenvalue weighted by Gasteiger charge is 2.12. The second-order valence-corrected chi connectivity index (χ2v) is 6.85. The van der Waals surface area contributed by atoms with E-state index in [9.17, 15) is 0 Å². The summed E-state index contributed by atoms with van der Waals surface area (Å²) in [5.41, 5.74) is 6.02. The van der Waals surface area contributed by atoms with Gasteiger partial charge in [-0.3, -0.25) is 0 Å². The summed E-state index contributed by atoms with van der Waals surface area (Å²) in [6, 6.07) is 29.5. The van der Waals surface area contributed by atoms with E-state index in [0.29, 0.717) is 11.1 Å². The van der Waals surface area contributed by atoms with Crippen molar-refractivity contribution in [2.45, 2.75) is 13.3 Å². The van der Waals surface area contributed by atoms with Crippen molar-refractivity contribution in [2.75, 3.05) is 0 Å². The van der Waals surface area contributed by atoms with Crippen LogP contribution in [0.1, 0.15) is 19.4 Å². The van der Waals surface area contributed by atoms with Gasteiger partial charge in [0.2, 0.25) is 0 Å². The fourth-order valence-electron chi connectivity index (χ4n) is 3.54. The predicted octanol–water partition coefficient (Wildman–Crippen LogP) is 7.15. The molecule has 0 fully saturated rings. The Bertz CT molecular complexity index is 1330. The van der Waals surface area contributed by atoms with Crippen LogP contribution in [0.3, 0.4) is 0 Å². The summed E-state index contributed by atoms with van der Waals surface area (Å²) in [5.74, 6) is 0.